The van der Waals surface area contributed by atoms with Gasteiger partial charge in [0.1, 0.15) is 11.6 Å². The minimum atomic E-state index is -1.12. The molecule has 1 aromatic carbocycles. The van der Waals surface area contributed by atoms with Gasteiger partial charge in [-0.3, -0.25) is 14.4 Å². The van der Waals surface area contributed by atoms with Gasteiger partial charge < -0.3 is 24.5 Å². The second-order valence-corrected chi connectivity index (χ2v) is 13.2. The van der Waals surface area contributed by atoms with Crippen LogP contribution in [0.3, 0.4) is 0 Å². The van der Waals surface area contributed by atoms with Gasteiger partial charge in [0.2, 0.25) is 17.7 Å². The number of likely N-dealkylation sites (tertiary alicyclic amines) is 1. The Morgan fingerprint density at radius 2 is 1.80 bits per heavy atom. The first-order valence-corrected chi connectivity index (χ1v) is 14.9. The summed E-state index contributed by atoms with van der Waals surface area (Å²) >= 11 is 0. The van der Waals surface area contributed by atoms with Crippen LogP contribution in [0.2, 0.25) is 0 Å². The molecule has 4 rings (SSSR count). The van der Waals surface area contributed by atoms with Gasteiger partial charge in [0.25, 0.3) is 0 Å². The van der Waals surface area contributed by atoms with Gasteiger partial charge in [-0.15, -0.1) is 13.2 Å². The van der Waals surface area contributed by atoms with Gasteiger partial charge >= 0.3 is 0 Å². The quantitative estimate of drug-likeness (QED) is 0.390. The minimum absolute atomic E-state index is 0.157. The van der Waals surface area contributed by atoms with Crippen LogP contribution in [0.15, 0.2) is 55.6 Å². The van der Waals surface area contributed by atoms with Gasteiger partial charge in [0, 0.05) is 25.2 Å². The second-order valence-electron chi connectivity index (χ2n) is 13.2. The van der Waals surface area contributed by atoms with Crippen molar-refractivity contribution in [3.05, 3.63) is 61.2 Å². The van der Waals surface area contributed by atoms with Crippen molar-refractivity contribution in [3.63, 3.8) is 0 Å². The lowest BCUT2D eigenvalue weighted by molar-refractivity contribution is -0.155. The van der Waals surface area contributed by atoms with E-state index in [0.29, 0.717) is 38.9 Å². The van der Waals surface area contributed by atoms with Crippen molar-refractivity contribution < 1.29 is 24.2 Å². The summed E-state index contributed by atoms with van der Waals surface area (Å²) in [6, 6.07) is 8.25. The first-order valence-electron chi connectivity index (χ1n) is 14.9. The summed E-state index contributed by atoms with van der Waals surface area (Å²) in [6.07, 6.45) is 4.57. The number of aliphatic hydroxyl groups is 1. The van der Waals surface area contributed by atoms with Gasteiger partial charge in [-0.05, 0) is 51.5 Å². The molecule has 3 saturated heterocycles. The molecule has 1 N–H and O–H groups in total. The third kappa shape index (κ3) is 5.61. The Kier molecular flexibility index (Phi) is 9.14. The highest BCUT2D eigenvalue weighted by Crippen LogP contribution is 2.59. The van der Waals surface area contributed by atoms with E-state index in [2.05, 4.69) is 13.2 Å². The fourth-order valence-corrected chi connectivity index (χ4v) is 7.24. The van der Waals surface area contributed by atoms with Crippen LogP contribution < -0.4 is 0 Å². The fourth-order valence-electron chi connectivity index (χ4n) is 7.24. The Balaban J connectivity index is 1.78. The van der Waals surface area contributed by atoms with Crippen molar-refractivity contribution >= 4 is 17.7 Å². The summed E-state index contributed by atoms with van der Waals surface area (Å²) in [5.74, 6) is -1.97. The summed E-state index contributed by atoms with van der Waals surface area (Å²) < 4.78 is 6.68. The first-order chi connectivity index (χ1) is 19.4. The molecular formula is C33H47N3O5. The van der Waals surface area contributed by atoms with E-state index in [1.54, 1.807) is 26.9 Å². The molecule has 3 fully saturated rings. The van der Waals surface area contributed by atoms with Crippen molar-refractivity contribution in [1.29, 1.82) is 0 Å². The normalized spacial score (nSPS) is 27.6. The molecule has 6 atom stereocenters. The lowest BCUT2D eigenvalue weighted by atomic mass is 9.70. The summed E-state index contributed by atoms with van der Waals surface area (Å²) in [7, 11) is 0. The summed E-state index contributed by atoms with van der Waals surface area (Å²) in [6.45, 7) is 18.4. The molecule has 8 heteroatoms. The largest absolute Gasteiger partial charge is 0.394 e. The highest BCUT2D eigenvalue weighted by molar-refractivity contribution is 5.99. The number of hydrogen-bond acceptors (Lipinski definition) is 5. The average molecular weight is 566 g/mol. The molecule has 2 unspecified atom stereocenters. The number of carbonyl (C=O) groups is 3. The van der Waals surface area contributed by atoms with E-state index in [9.17, 15) is 19.5 Å². The SMILES string of the molecule is C=CCN(Cc1ccccc1)C(=O)[C@@H]1[C@@H]2CCC3(O2)C(C(=O)N(CC=C)C(C)(C)C)N([C@@H](CO)CC(C)C)C(=O)[C@H]13. The highest BCUT2D eigenvalue weighted by Gasteiger charge is 2.75. The highest BCUT2D eigenvalue weighted by atomic mass is 16.5. The molecule has 0 saturated carbocycles. The third-order valence-electron chi connectivity index (χ3n) is 8.87. The van der Waals surface area contributed by atoms with Crippen LogP contribution in [-0.4, -0.2) is 86.6 Å². The topological polar surface area (TPSA) is 90.4 Å². The first kappa shape index (κ1) is 31.0. The molecular weight excluding hydrogens is 518 g/mol. The van der Waals surface area contributed by atoms with E-state index in [4.69, 9.17) is 4.74 Å². The zero-order chi connectivity index (χ0) is 30.1. The number of hydrogen-bond donors (Lipinski definition) is 1. The van der Waals surface area contributed by atoms with Gasteiger partial charge in [0.05, 0.1) is 30.6 Å². The Morgan fingerprint density at radius 3 is 2.37 bits per heavy atom. The van der Waals surface area contributed by atoms with E-state index < -0.39 is 41.2 Å². The number of rotatable bonds is 12. The smallest absolute Gasteiger partial charge is 0.249 e. The maximum Gasteiger partial charge on any atom is 0.249 e. The number of amides is 3. The van der Waals surface area contributed by atoms with Gasteiger partial charge in [-0.25, -0.2) is 0 Å². The van der Waals surface area contributed by atoms with Crippen molar-refractivity contribution in [2.45, 2.75) is 89.8 Å². The average Bonchev–Trinajstić information content (AvgIpc) is 3.56. The van der Waals surface area contributed by atoms with Crippen molar-refractivity contribution in [3.8, 4) is 0 Å². The van der Waals surface area contributed by atoms with Crippen molar-refractivity contribution in [2.24, 2.45) is 17.8 Å². The molecule has 3 aliphatic heterocycles. The lowest BCUT2D eigenvalue weighted by Gasteiger charge is -2.43. The molecule has 2 bridgehead atoms. The molecule has 0 aromatic heterocycles. The maximum atomic E-state index is 14.5. The van der Waals surface area contributed by atoms with Crippen LogP contribution in [0, 0.1) is 17.8 Å². The monoisotopic (exact) mass is 565 g/mol. The van der Waals surface area contributed by atoms with Gasteiger partial charge in [-0.1, -0.05) is 56.3 Å². The Labute approximate surface area is 245 Å². The van der Waals surface area contributed by atoms with Gasteiger partial charge in [0.15, 0.2) is 0 Å². The van der Waals surface area contributed by atoms with Crippen LogP contribution >= 0.6 is 0 Å². The lowest BCUT2D eigenvalue weighted by Crippen LogP contribution is -2.61. The zero-order valence-corrected chi connectivity index (χ0v) is 25.3. The van der Waals surface area contributed by atoms with Crippen LogP contribution in [-0.2, 0) is 25.7 Å². The number of fused-ring (bicyclic) bond motifs is 1. The van der Waals surface area contributed by atoms with Gasteiger partial charge in [-0.2, -0.15) is 0 Å². The number of ether oxygens (including phenoxy) is 1. The van der Waals surface area contributed by atoms with Crippen LogP contribution in [0.1, 0.15) is 59.4 Å². The maximum absolute atomic E-state index is 14.5. The minimum Gasteiger partial charge on any atom is -0.394 e. The molecule has 8 nitrogen and oxygen atoms in total. The Morgan fingerprint density at radius 1 is 1.15 bits per heavy atom. The number of aliphatic hydroxyl groups excluding tert-OH is 1. The van der Waals surface area contributed by atoms with E-state index >= 15 is 0 Å². The molecule has 41 heavy (non-hydrogen) atoms. The second kappa shape index (κ2) is 12.1. The molecule has 3 heterocycles. The predicted octanol–water partition coefficient (Wildman–Crippen LogP) is 3.80. The van der Waals surface area contributed by atoms with Crippen molar-refractivity contribution in [2.75, 3.05) is 19.7 Å². The molecule has 0 radical (unpaired) electrons. The summed E-state index contributed by atoms with van der Waals surface area (Å²) in [4.78, 5) is 48.4. The molecule has 0 aliphatic carbocycles. The van der Waals surface area contributed by atoms with E-state index in [0.717, 1.165) is 5.56 Å². The Hall–Kier alpha value is -2.97. The van der Waals surface area contributed by atoms with Crippen molar-refractivity contribution in [1.82, 2.24) is 14.7 Å². The summed E-state index contributed by atoms with van der Waals surface area (Å²) in [5.41, 5.74) is -0.679. The van der Waals surface area contributed by atoms with E-state index in [1.165, 1.54) is 0 Å². The molecule has 3 amide bonds. The summed E-state index contributed by atoms with van der Waals surface area (Å²) in [5, 5.41) is 10.5. The number of nitrogens with zero attached hydrogens (tertiary/aromatic N) is 3. The molecule has 1 spiro atoms. The number of carbonyl (C=O) groups excluding carboxylic acids is 3. The molecule has 224 valence electrons. The fraction of sp³-hybridized carbons (Fsp3) is 0.606. The number of benzene rings is 1. The molecule has 1 aromatic rings. The zero-order valence-electron chi connectivity index (χ0n) is 25.3. The van der Waals surface area contributed by atoms with Crippen LogP contribution in [0.4, 0.5) is 0 Å². The Bertz CT molecular complexity index is 1150. The predicted molar refractivity (Wildman–Crippen MR) is 158 cm³/mol. The molecule has 3 aliphatic rings. The third-order valence-corrected chi connectivity index (χ3v) is 8.87. The van der Waals surface area contributed by atoms with E-state index in [-0.39, 0.29) is 30.2 Å². The van der Waals surface area contributed by atoms with Crippen LogP contribution in [0.25, 0.3) is 0 Å². The van der Waals surface area contributed by atoms with E-state index in [1.807, 2.05) is 65.0 Å². The standard InChI is InChI=1S/C33H47N3O5/c1-8-17-34(20-23-13-11-10-12-14-23)29(38)26-25-15-16-33(41-25)27(26)30(39)36(24(21-37)19-22(3)4)28(33)31(40)35(18-9-2)32(5,6)7/h8-14,22,24-28,37H,1-2,15-21H2,3-7H3/t24-,25+,26-,27+,28?,33?/m1/s1. The van der Waals surface area contributed by atoms with Crippen LogP contribution in [0.5, 0.6) is 0 Å².